The molecule has 0 aromatic carbocycles. The lowest BCUT2D eigenvalue weighted by Gasteiger charge is -2.20. The summed E-state index contributed by atoms with van der Waals surface area (Å²) in [5.41, 5.74) is 0. The van der Waals surface area contributed by atoms with Gasteiger partial charge in [-0.05, 0) is 31.6 Å². The zero-order valence-electron chi connectivity index (χ0n) is 8.33. The Morgan fingerprint density at radius 3 is 2.64 bits per heavy atom. The molecule has 0 unspecified atom stereocenters. The van der Waals surface area contributed by atoms with E-state index < -0.39 is 0 Å². The third kappa shape index (κ3) is 2.66. The molecule has 2 amide bonds. The molecule has 0 saturated heterocycles. The average molecular weight is 192 g/mol. The molecule has 2 rings (SSSR count). The van der Waals surface area contributed by atoms with E-state index in [-0.39, 0.29) is 6.03 Å². The van der Waals surface area contributed by atoms with E-state index in [1.165, 1.54) is 12.8 Å². The highest BCUT2D eigenvalue weighted by molar-refractivity contribution is 5.75. The fourth-order valence-corrected chi connectivity index (χ4v) is 1.44. The van der Waals surface area contributed by atoms with Crippen molar-refractivity contribution in [3.05, 3.63) is 0 Å². The Morgan fingerprint density at radius 2 is 2.14 bits per heavy atom. The average Bonchev–Trinajstić information content (AvgIpc) is 2.97. The van der Waals surface area contributed by atoms with Gasteiger partial charge in [0, 0.05) is 12.6 Å². The van der Waals surface area contributed by atoms with Crippen molar-refractivity contribution in [2.24, 2.45) is 5.92 Å². The number of urea groups is 1. The number of amides is 2. The summed E-state index contributed by atoms with van der Waals surface area (Å²) in [6, 6.07) is 0.444. The Hall–Kier alpha value is -1.17. The van der Waals surface area contributed by atoms with Crippen LogP contribution in [0.15, 0.2) is 0 Å². The number of rotatable bonds is 4. The zero-order chi connectivity index (χ0) is 9.97. The molecule has 0 spiro atoms. The predicted molar refractivity (Wildman–Crippen MR) is 54.7 cm³/mol. The summed E-state index contributed by atoms with van der Waals surface area (Å²) in [5, 5.41) is 2.96. The van der Waals surface area contributed by atoms with Gasteiger partial charge in [0.05, 0.1) is 6.54 Å². The Kier molecular flexibility index (Phi) is 2.62. The van der Waals surface area contributed by atoms with E-state index >= 15 is 0 Å². The number of carbonyl (C=O) groups excluding carboxylic acids is 1. The standard InChI is InChI=1S/C11H16N2O/c1-2-7-13(8-9-3-4-9)11(14)12-10-5-6-10/h1,9-10H,3-8H2,(H,12,14). The summed E-state index contributed by atoms with van der Waals surface area (Å²) in [6.45, 7) is 1.28. The molecular formula is C11H16N2O. The Labute approximate surface area is 84.8 Å². The molecule has 3 heteroatoms. The summed E-state index contributed by atoms with van der Waals surface area (Å²) >= 11 is 0. The molecule has 1 N–H and O–H groups in total. The van der Waals surface area contributed by atoms with Crippen molar-refractivity contribution < 1.29 is 4.79 Å². The molecule has 76 valence electrons. The SMILES string of the molecule is C#CCN(CC1CC1)C(=O)NC1CC1. The van der Waals surface area contributed by atoms with Crippen molar-refractivity contribution in [2.75, 3.05) is 13.1 Å². The van der Waals surface area contributed by atoms with Crippen LogP contribution in [-0.4, -0.2) is 30.1 Å². The highest BCUT2D eigenvalue weighted by atomic mass is 16.2. The first kappa shape index (κ1) is 9.39. The molecule has 0 atom stereocenters. The van der Waals surface area contributed by atoms with Gasteiger partial charge in [-0.3, -0.25) is 0 Å². The number of nitrogens with zero attached hydrogens (tertiary/aromatic N) is 1. The lowest BCUT2D eigenvalue weighted by atomic mass is 10.4. The normalized spacial score (nSPS) is 19.9. The van der Waals surface area contributed by atoms with Crippen LogP contribution in [0.3, 0.4) is 0 Å². The van der Waals surface area contributed by atoms with Crippen LogP contribution in [0, 0.1) is 18.3 Å². The second-order valence-corrected chi connectivity index (χ2v) is 4.25. The molecule has 3 nitrogen and oxygen atoms in total. The molecule has 2 aliphatic rings. The maximum Gasteiger partial charge on any atom is 0.318 e. The van der Waals surface area contributed by atoms with Crippen molar-refractivity contribution >= 4 is 6.03 Å². The fourth-order valence-electron chi connectivity index (χ4n) is 1.44. The zero-order valence-corrected chi connectivity index (χ0v) is 8.33. The lowest BCUT2D eigenvalue weighted by Crippen LogP contribution is -2.42. The summed E-state index contributed by atoms with van der Waals surface area (Å²) < 4.78 is 0. The second kappa shape index (κ2) is 3.91. The highest BCUT2D eigenvalue weighted by Gasteiger charge is 2.29. The minimum absolute atomic E-state index is 0.0253. The number of hydrogen-bond donors (Lipinski definition) is 1. The lowest BCUT2D eigenvalue weighted by molar-refractivity contribution is 0.201. The number of nitrogens with one attached hydrogen (secondary N) is 1. The van der Waals surface area contributed by atoms with Crippen molar-refractivity contribution in [3.8, 4) is 12.3 Å². The van der Waals surface area contributed by atoms with E-state index in [4.69, 9.17) is 6.42 Å². The van der Waals surface area contributed by atoms with Gasteiger partial charge in [0.2, 0.25) is 0 Å². The Bertz CT molecular complexity index is 261. The fraction of sp³-hybridized carbons (Fsp3) is 0.727. The van der Waals surface area contributed by atoms with Crippen LogP contribution < -0.4 is 5.32 Å². The molecule has 0 aromatic rings. The molecule has 2 fully saturated rings. The second-order valence-electron chi connectivity index (χ2n) is 4.25. The molecule has 14 heavy (non-hydrogen) atoms. The van der Waals surface area contributed by atoms with Gasteiger partial charge < -0.3 is 10.2 Å². The topological polar surface area (TPSA) is 32.3 Å². The Morgan fingerprint density at radius 1 is 1.43 bits per heavy atom. The van der Waals surface area contributed by atoms with Gasteiger partial charge in [0.15, 0.2) is 0 Å². The Balaban J connectivity index is 1.80. The van der Waals surface area contributed by atoms with Crippen LogP contribution in [0.2, 0.25) is 0 Å². The maximum absolute atomic E-state index is 11.7. The monoisotopic (exact) mass is 192 g/mol. The van der Waals surface area contributed by atoms with Gasteiger partial charge in [-0.1, -0.05) is 5.92 Å². The van der Waals surface area contributed by atoms with Gasteiger partial charge in [0.1, 0.15) is 0 Å². The maximum atomic E-state index is 11.7. The number of terminal acetylenes is 1. The molecule has 2 saturated carbocycles. The largest absolute Gasteiger partial charge is 0.335 e. The van der Waals surface area contributed by atoms with E-state index in [0.29, 0.717) is 18.5 Å². The minimum Gasteiger partial charge on any atom is -0.335 e. The van der Waals surface area contributed by atoms with Gasteiger partial charge in [0.25, 0.3) is 0 Å². The minimum atomic E-state index is 0.0253. The first-order valence-electron chi connectivity index (χ1n) is 5.28. The van der Waals surface area contributed by atoms with Crippen molar-refractivity contribution in [1.82, 2.24) is 10.2 Å². The first-order chi connectivity index (χ1) is 6.79. The van der Waals surface area contributed by atoms with Crippen LogP contribution in [0.1, 0.15) is 25.7 Å². The first-order valence-corrected chi connectivity index (χ1v) is 5.28. The molecule has 0 aromatic heterocycles. The van der Waals surface area contributed by atoms with Crippen molar-refractivity contribution in [3.63, 3.8) is 0 Å². The predicted octanol–water partition coefficient (Wildman–Crippen LogP) is 1.20. The summed E-state index contributed by atoms with van der Waals surface area (Å²) in [4.78, 5) is 13.4. The third-order valence-electron chi connectivity index (χ3n) is 2.65. The van der Waals surface area contributed by atoms with E-state index in [1.807, 2.05) is 0 Å². The highest BCUT2D eigenvalue weighted by Crippen LogP contribution is 2.29. The summed E-state index contributed by atoms with van der Waals surface area (Å²) in [7, 11) is 0. The van der Waals surface area contributed by atoms with Crippen LogP contribution >= 0.6 is 0 Å². The van der Waals surface area contributed by atoms with Gasteiger partial charge in [-0.2, -0.15) is 0 Å². The van der Waals surface area contributed by atoms with Crippen LogP contribution in [0.25, 0.3) is 0 Å². The van der Waals surface area contributed by atoms with Crippen molar-refractivity contribution in [1.29, 1.82) is 0 Å². The van der Waals surface area contributed by atoms with Crippen LogP contribution in [0.4, 0.5) is 4.79 Å². The smallest absolute Gasteiger partial charge is 0.318 e. The van der Waals surface area contributed by atoms with Gasteiger partial charge in [-0.25, -0.2) is 4.79 Å². The molecular weight excluding hydrogens is 176 g/mol. The number of carbonyl (C=O) groups is 1. The molecule has 2 aliphatic carbocycles. The van der Waals surface area contributed by atoms with E-state index in [2.05, 4.69) is 11.2 Å². The van der Waals surface area contributed by atoms with E-state index in [0.717, 1.165) is 19.4 Å². The number of hydrogen-bond acceptors (Lipinski definition) is 1. The molecule has 0 heterocycles. The third-order valence-corrected chi connectivity index (χ3v) is 2.65. The molecule has 0 bridgehead atoms. The van der Waals surface area contributed by atoms with E-state index in [9.17, 15) is 4.79 Å². The van der Waals surface area contributed by atoms with Crippen molar-refractivity contribution in [2.45, 2.75) is 31.7 Å². The summed E-state index contributed by atoms with van der Waals surface area (Å²) in [5.74, 6) is 3.24. The van der Waals surface area contributed by atoms with Gasteiger partial charge >= 0.3 is 6.03 Å². The van der Waals surface area contributed by atoms with Crippen LogP contribution in [-0.2, 0) is 0 Å². The van der Waals surface area contributed by atoms with E-state index in [1.54, 1.807) is 4.90 Å². The van der Waals surface area contributed by atoms with Crippen LogP contribution in [0.5, 0.6) is 0 Å². The molecule has 0 radical (unpaired) electrons. The molecule has 0 aliphatic heterocycles. The summed E-state index contributed by atoms with van der Waals surface area (Å²) in [6.07, 6.45) is 9.98. The van der Waals surface area contributed by atoms with Gasteiger partial charge in [-0.15, -0.1) is 6.42 Å². The quantitative estimate of drug-likeness (QED) is 0.667.